The lowest BCUT2D eigenvalue weighted by molar-refractivity contribution is 0.307. The van der Waals surface area contributed by atoms with Gasteiger partial charge in [0, 0.05) is 0 Å². The average Bonchev–Trinajstić information content (AvgIpc) is 2.63. The van der Waals surface area contributed by atoms with E-state index in [-0.39, 0.29) is 0 Å². The summed E-state index contributed by atoms with van der Waals surface area (Å²) in [5, 5.41) is 3.93. The first-order valence-corrected chi connectivity index (χ1v) is 5.99. The van der Waals surface area contributed by atoms with Gasteiger partial charge in [-0.25, -0.2) is 0 Å². The van der Waals surface area contributed by atoms with Crippen LogP contribution in [0.2, 0.25) is 0 Å². The second-order valence-corrected chi connectivity index (χ2v) is 4.69. The van der Waals surface area contributed by atoms with E-state index in [2.05, 4.69) is 25.5 Å². The molecule has 15 heavy (non-hydrogen) atoms. The minimum absolute atomic E-state index is 0.520. The molecule has 0 aliphatic heterocycles. The molecule has 1 aromatic carbocycles. The van der Waals surface area contributed by atoms with Gasteiger partial charge in [-0.1, -0.05) is 16.6 Å². The Labute approximate surface area is 100 Å². The van der Waals surface area contributed by atoms with E-state index < -0.39 is 0 Å². The zero-order valence-electron chi connectivity index (χ0n) is 8.11. The maximum absolute atomic E-state index is 5.65. The lowest BCUT2D eigenvalue weighted by Crippen LogP contribution is -1.95. The Kier molecular flexibility index (Phi) is 3.33. The standard InChI is InChI=1S/C10H9BrN2OS/c1-7-10(15-13-12-7)6-14-9-5-3-2-4-8(9)11/h2-5H,6H2,1H3. The molecule has 0 bridgehead atoms. The quantitative estimate of drug-likeness (QED) is 0.868. The second kappa shape index (κ2) is 4.72. The van der Waals surface area contributed by atoms with Crippen LogP contribution < -0.4 is 4.74 Å². The summed E-state index contributed by atoms with van der Waals surface area (Å²) in [6, 6.07) is 7.77. The molecular weight excluding hydrogens is 276 g/mol. The fraction of sp³-hybridized carbons (Fsp3) is 0.200. The number of ether oxygens (including phenoxy) is 1. The van der Waals surface area contributed by atoms with E-state index in [0.717, 1.165) is 20.8 Å². The van der Waals surface area contributed by atoms with Crippen LogP contribution in [0.5, 0.6) is 5.75 Å². The summed E-state index contributed by atoms with van der Waals surface area (Å²) in [5.41, 5.74) is 0.937. The lowest BCUT2D eigenvalue weighted by atomic mass is 10.3. The monoisotopic (exact) mass is 284 g/mol. The van der Waals surface area contributed by atoms with Gasteiger partial charge in [0.05, 0.1) is 15.0 Å². The Morgan fingerprint density at radius 1 is 1.40 bits per heavy atom. The van der Waals surface area contributed by atoms with Crippen molar-refractivity contribution in [3.05, 3.63) is 39.3 Å². The molecule has 0 radical (unpaired) electrons. The molecular formula is C10H9BrN2OS. The highest BCUT2D eigenvalue weighted by Gasteiger charge is 2.05. The van der Waals surface area contributed by atoms with Crippen molar-refractivity contribution >= 4 is 27.5 Å². The van der Waals surface area contributed by atoms with Crippen molar-refractivity contribution in [1.82, 2.24) is 9.59 Å². The molecule has 0 saturated heterocycles. The molecule has 0 saturated carbocycles. The van der Waals surface area contributed by atoms with Crippen LogP contribution in [0.15, 0.2) is 28.7 Å². The first-order valence-electron chi connectivity index (χ1n) is 4.42. The van der Waals surface area contributed by atoms with E-state index >= 15 is 0 Å². The molecule has 3 nitrogen and oxygen atoms in total. The fourth-order valence-corrected chi connectivity index (χ4v) is 2.03. The molecule has 78 valence electrons. The van der Waals surface area contributed by atoms with Gasteiger partial charge in [-0.2, -0.15) is 0 Å². The van der Waals surface area contributed by atoms with Crippen molar-refractivity contribution in [1.29, 1.82) is 0 Å². The number of aromatic nitrogens is 2. The molecule has 0 atom stereocenters. The average molecular weight is 285 g/mol. The topological polar surface area (TPSA) is 35.0 Å². The van der Waals surface area contributed by atoms with Gasteiger partial charge in [-0.3, -0.25) is 0 Å². The van der Waals surface area contributed by atoms with Crippen LogP contribution in [-0.4, -0.2) is 9.59 Å². The molecule has 0 amide bonds. The van der Waals surface area contributed by atoms with Gasteiger partial charge in [0.2, 0.25) is 0 Å². The highest BCUT2D eigenvalue weighted by Crippen LogP contribution is 2.25. The summed E-state index contributed by atoms with van der Waals surface area (Å²) < 4.78 is 10.5. The Balaban J connectivity index is 2.06. The maximum Gasteiger partial charge on any atom is 0.134 e. The number of halogens is 1. The number of hydrogen-bond acceptors (Lipinski definition) is 4. The predicted molar refractivity (Wildman–Crippen MR) is 63.1 cm³/mol. The lowest BCUT2D eigenvalue weighted by Gasteiger charge is -2.05. The van der Waals surface area contributed by atoms with Crippen molar-refractivity contribution in [3.63, 3.8) is 0 Å². The largest absolute Gasteiger partial charge is 0.487 e. The fourth-order valence-electron chi connectivity index (χ4n) is 1.09. The minimum Gasteiger partial charge on any atom is -0.487 e. The van der Waals surface area contributed by atoms with Crippen LogP contribution in [0.25, 0.3) is 0 Å². The third-order valence-electron chi connectivity index (χ3n) is 1.94. The third kappa shape index (κ3) is 2.54. The van der Waals surface area contributed by atoms with E-state index in [4.69, 9.17) is 4.74 Å². The van der Waals surface area contributed by atoms with E-state index in [1.165, 1.54) is 11.5 Å². The van der Waals surface area contributed by atoms with Crippen LogP contribution in [0.1, 0.15) is 10.6 Å². The molecule has 0 unspecified atom stereocenters. The second-order valence-electron chi connectivity index (χ2n) is 3.00. The highest BCUT2D eigenvalue weighted by molar-refractivity contribution is 9.10. The van der Waals surface area contributed by atoms with E-state index in [0.29, 0.717) is 6.61 Å². The zero-order chi connectivity index (χ0) is 10.7. The SMILES string of the molecule is Cc1nnsc1COc1ccccc1Br. The molecule has 5 heteroatoms. The van der Waals surface area contributed by atoms with Crippen LogP contribution in [0.4, 0.5) is 0 Å². The molecule has 2 aromatic rings. The third-order valence-corrected chi connectivity index (χ3v) is 3.39. The summed E-state index contributed by atoms with van der Waals surface area (Å²) in [6.07, 6.45) is 0. The van der Waals surface area contributed by atoms with E-state index in [1.54, 1.807) is 0 Å². The Bertz CT molecular complexity index is 458. The van der Waals surface area contributed by atoms with E-state index in [9.17, 15) is 0 Å². The number of hydrogen-bond donors (Lipinski definition) is 0. The first kappa shape index (κ1) is 10.6. The van der Waals surface area contributed by atoms with Crippen LogP contribution in [0.3, 0.4) is 0 Å². The number of para-hydroxylation sites is 1. The van der Waals surface area contributed by atoms with Gasteiger partial charge < -0.3 is 4.74 Å². The molecule has 0 aliphatic carbocycles. The van der Waals surface area contributed by atoms with Gasteiger partial charge in [0.1, 0.15) is 12.4 Å². The molecule has 0 fully saturated rings. The summed E-state index contributed by atoms with van der Waals surface area (Å²) >= 11 is 4.80. The van der Waals surface area contributed by atoms with E-state index in [1.807, 2.05) is 31.2 Å². The van der Waals surface area contributed by atoms with Crippen LogP contribution in [0, 0.1) is 6.92 Å². The molecule has 0 N–H and O–H groups in total. The van der Waals surface area contributed by atoms with Gasteiger partial charge in [-0.05, 0) is 46.5 Å². The minimum atomic E-state index is 0.520. The van der Waals surface area contributed by atoms with Crippen molar-refractivity contribution in [2.75, 3.05) is 0 Å². The van der Waals surface area contributed by atoms with Gasteiger partial charge >= 0.3 is 0 Å². The summed E-state index contributed by atoms with van der Waals surface area (Å²) in [7, 11) is 0. The first-order chi connectivity index (χ1) is 7.27. The van der Waals surface area contributed by atoms with Crippen LogP contribution >= 0.6 is 27.5 Å². The van der Waals surface area contributed by atoms with Crippen molar-refractivity contribution in [2.24, 2.45) is 0 Å². The molecule has 0 aliphatic rings. The van der Waals surface area contributed by atoms with Crippen molar-refractivity contribution in [3.8, 4) is 5.75 Å². The predicted octanol–water partition coefficient (Wildman–Crippen LogP) is 3.19. The molecule has 1 heterocycles. The summed E-state index contributed by atoms with van der Waals surface area (Å²) in [6.45, 7) is 2.45. The van der Waals surface area contributed by atoms with Crippen molar-refractivity contribution in [2.45, 2.75) is 13.5 Å². The number of rotatable bonds is 3. The van der Waals surface area contributed by atoms with Gasteiger partial charge in [0.15, 0.2) is 0 Å². The summed E-state index contributed by atoms with van der Waals surface area (Å²) in [5.74, 6) is 0.838. The van der Waals surface area contributed by atoms with Crippen LogP contribution in [-0.2, 0) is 6.61 Å². The Hall–Kier alpha value is -0.940. The van der Waals surface area contributed by atoms with Gasteiger partial charge in [-0.15, -0.1) is 5.10 Å². The normalized spacial score (nSPS) is 10.3. The molecule has 0 spiro atoms. The van der Waals surface area contributed by atoms with Gasteiger partial charge in [0.25, 0.3) is 0 Å². The smallest absolute Gasteiger partial charge is 0.134 e. The Morgan fingerprint density at radius 3 is 2.87 bits per heavy atom. The number of nitrogens with zero attached hydrogens (tertiary/aromatic N) is 2. The maximum atomic E-state index is 5.65. The highest BCUT2D eigenvalue weighted by atomic mass is 79.9. The zero-order valence-corrected chi connectivity index (χ0v) is 10.5. The van der Waals surface area contributed by atoms with Crippen molar-refractivity contribution < 1.29 is 4.74 Å². The number of benzene rings is 1. The molecule has 2 rings (SSSR count). The Morgan fingerprint density at radius 2 is 2.20 bits per heavy atom. The summed E-state index contributed by atoms with van der Waals surface area (Å²) in [4.78, 5) is 1.06. The number of aryl methyl sites for hydroxylation is 1. The molecule has 1 aromatic heterocycles.